The van der Waals surface area contributed by atoms with Crippen molar-refractivity contribution in [3.63, 3.8) is 0 Å². The highest BCUT2D eigenvalue weighted by Crippen LogP contribution is 2.05. The molecular formula is C10H22N2O2S. The van der Waals surface area contributed by atoms with Gasteiger partial charge in [0.15, 0.2) is 0 Å². The van der Waals surface area contributed by atoms with Crippen molar-refractivity contribution in [1.82, 2.24) is 5.32 Å². The number of amides is 1. The lowest BCUT2D eigenvalue weighted by Crippen LogP contribution is -2.46. The van der Waals surface area contributed by atoms with E-state index >= 15 is 0 Å². The molecular weight excluding hydrogens is 212 g/mol. The summed E-state index contributed by atoms with van der Waals surface area (Å²) in [6.45, 7) is 6.21. The monoisotopic (exact) mass is 234 g/mol. The number of nitrogens with one attached hydrogen (secondary N) is 1. The van der Waals surface area contributed by atoms with Gasteiger partial charge >= 0.3 is 0 Å². The van der Waals surface area contributed by atoms with Gasteiger partial charge in [-0.1, -0.05) is 20.3 Å². The Kier molecular flexibility index (Phi) is 6.76. The van der Waals surface area contributed by atoms with Gasteiger partial charge in [0.1, 0.15) is 0 Å². The third kappa shape index (κ3) is 5.28. The second kappa shape index (κ2) is 6.95. The molecule has 0 saturated carbocycles. The molecule has 1 amide bonds. The first-order chi connectivity index (χ1) is 6.90. The first-order valence-corrected chi connectivity index (χ1v) is 6.87. The highest BCUT2D eigenvalue weighted by atomic mass is 32.2. The summed E-state index contributed by atoms with van der Waals surface area (Å²) in [7, 11) is -0.908. The predicted octanol–water partition coefficient (Wildman–Crippen LogP) is 0.243. The maximum Gasteiger partial charge on any atom is 0.237 e. The zero-order valence-corrected chi connectivity index (χ0v) is 10.8. The lowest BCUT2D eigenvalue weighted by Gasteiger charge is -2.18. The van der Waals surface area contributed by atoms with Gasteiger partial charge in [0.25, 0.3) is 0 Å². The number of nitrogens with two attached hydrogens (primary N) is 1. The summed E-state index contributed by atoms with van der Waals surface area (Å²) in [5.74, 6) is 0.0223. The molecule has 4 atom stereocenters. The predicted molar refractivity (Wildman–Crippen MR) is 64.0 cm³/mol. The van der Waals surface area contributed by atoms with Gasteiger partial charge in [0, 0.05) is 28.9 Å². The highest BCUT2D eigenvalue weighted by Gasteiger charge is 2.19. The third-order valence-corrected chi connectivity index (χ3v) is 3.99. The molecule has 4 nitrogen and oxygen atoms in total. The Morgan fingerprint density at radius 2 is 2.00 bits per heavy atom. The van der Waals surface area contributed by atoms with E-state index in [0.29, 0.717) is 6.54 Å². The third-order valence-electron chi connectivity index (χ3n) is 2.69. The number of carbonyl (C=O) groups is 1. The fraction of sp³-hybridized carbons (Fsp3) is 0.900. The molecule has 0 bridgehead atoms. The minimum absolute atomic E-state index is 0.0296. The van der Waals surface area contributed by atoms with Crippen molar-refractivity contribution < 1.29 is 9.00 Å². The molecule has 0 aromatic carbocycles. The number of carbonyl (C=O) groups excluding carboxylic acids is 1. The van der Waals surface area contributed by atoms with Crippen LogP contribution in [-0.2, 0) is 15.6 Å². The van der Waals surface area contributed by atoms with Crippen LogP contribution < -0.4 is 11.1 Å². The van der Waals surface area contributed by atoms with Crippen LogP contribution in [0.1, 0.15) is 27.2 Å². The maximum atomic E-state index is 11.5. The highest BCUT2D eigenvalue weighted by molar-refractivity contribution is 7.84. The largest absolute Gasteiger partial charge is 0.354 e. The summed E-state index contributed by atoms with van der Waals surface area (Å²) < 4.78 is 11.0. The van der Waals surface area contributed by atoms with E-state index in [1.807, 2.05) is 20.8 Å². The van der Waals surface area contributed by atoms with Gasteiger partial charge in [-0.25, -0.2) is 0 Å². The van der Waals surface area contributed by atoms with Crippen molar-refractivity contribution in [3.05, 3.63) is 0 Å². The fourth-order valence-corrected chi connectivity index (χ4v) is 1.31. The summed E-state index contributed by atoms with van der Waals surface area (Å²) in [6.07, 6.45) is 2.51. The minimum atomic E-state index is -0.908. The van der Waals surface area contributed by atoms with Crippen molar-refractivity contribution in [2.45, 2.75) is 38.5 Å². The number of rotatable bonds is 6. The van der Waals surface area contributed by atoms with Crippen LogP contribution in [0.25, 0.3) is 0 Å². The van der Waals surface area contributed by atoms with Crippen molar-refractivity contribution in [2.75, 3.05) is 12.8 Å². The van der Waals surface area contributed by atoms with E-state index in [2.05, 4.69) is 5.32 Å². The smallest absolute Gasteiger partial charge is 0.237 e. The second-order valence-corrected chi connectivity index (χ2v) is 5.77. The summed E-state index contributed by atoms with van der Waals surface area (Å²) in [5, 5.41) is 2.69. The Bertz CT molecular complexity index is 233. The normalized spacial score (nSPS) is 19.0. The van der Waals surface area contributed by atoms with Crippen molar-refractivity contribution in [2.24, 2.45) is 11.7 Å². The van der Waals surface area contributed by atoms with Gasteiger partial charge in [-0.2, -0.15) is 0 Å². The van der Waals surface area contributed by atoms with E-state index in [0.717, 1.165) is 6.42 Å². The SMILES string of the molecule is CC[C@H](C)[C@H](N)C(=O)NCC(C)S(C)=O. The molecule has 2 unspecified atom stereocenters. The van der Waals surface area contributed by atoms with Crippen molar-refractivity contribution >= 4 is 16.7 Å². The molecule has 0 aliphatic rings. The molecule has 0 heterocycles. The van der Waals surface area contributed by atoms with Crippen LogP contribution in [0.4, 0.5) is 0 Å². The van der Waals surface area contributed by atoms with Crippen LogP contribution in [0.2, 0.25) is 0 Å². The summed E-state index contributed by atoms with van der Waals surface area (Å²) in [6, 6.07) is -0.465. The standard InChI is InChI=1S/C10H22N2O2S/c1-5-7(2)9(11)10(13)12-6-8(3)15(4)14/h7-9H,5-6,11H2,1-4H3,(H,12,13)/t7-,8?,9-,15?/m0/s1. The molecule has 0 radical (unpaired) electrons. The van der Waals surface area contributed by atoms with Gasteiger partial charge in [0.2, 0.25) is 5.91 Å². The summed E-state index contributed by atoms with van der Waals surface area (Å²) in [4.78, 5) is 11.5. The van der Waals surface area contributed by atoms with Crippen LogP contribution in [-0.4, -0.2) is 34.2 Å². The van der Waals surface area contributed by atoms with Crippen LogP contribution in [0.3, 0.4) is 0 Å². The Labute approximate surface area is 94.4 Å². The first-order valence-electron chi connectivity index (χ1n) is 5.25. The average molecular weight is 234 g/mol. The van der Waals surface area contributed by atoms with E-state index in [1.165, 1.54) is 0 Å². The van der Waals surface area contributed by atoms with Crippen molar-refractivity contribution in [3.8, 4) is 0 Å². The molecule has 0 aromatic rings. The second-order valence-electron chi connectivity index (χ2n) is 3.97. The molecule has 0 aliphatic heterocycles. The van der Waals surface area contributed by atoms with E-state index in [1.54, 1.807) is 6.26 Å². The lowest BCUT2D eigenvalue weighted by molar-refractivity contribution is -0.123. The summed E-state index contributed by atoms with van der Waals surface area (Å²) in [5.41, 5.74) is 5.75. The van der Waals surface area contributed by atoms with E-state index in [4.69, 9.17) is 5.73 Å². The molecule has 3 N–H and O–H groups in total. The zero-order chi connectivity index (χ0) is 12.0. The molecule has 0 saturated heterocycles. The van der Waals surface area contributed by atoms with Gasteiger partial charge in [-0.15, -0.1) is 0 Å². The molecule has 0 aliphatic carbocycles. The maximum absolute atomic E-state index is 11.5. The van der Waals surface area contributed by atoms with Gasteiger partial charge in [0.05, 0.1) is 6.04 Å². The zero-order valence-electron chi connectivity index (χ0n) is 9.95. The van der Waals surface area contributed by atoms with Gasteiger partial charge in [-0.3, -0.25) is 9.00 Å². The van der Waals surface area contributed by atoms with Crippen LogP contribution in [0.5, 0.6) is 0 Å². The van der Waals surface area contributed by atoms with E-state index in [-0.39, 0.29) is 17.1 Å². The summed E-state index contributed by atoms with van der Waals surface area (Å²) >= 11 is 0. The number of hydrogen-bond acceptors (Lipinski definition) is 3. The Balaban J connectivity index is 3.98. The molecule has 0 rings (SSSR count). The van der Waals surface area contributed by atoms with Crippen LogP contribution in [0.15, 0.2) is 0 Å². The van der Waals surface area contributed by atoms with Gasteiger partial charge in [-0.05, 0) is 12.8 Å². The molecule has 5 heteroatoms. The van der Waals surface area contributed by atoms with Gasteiger partial charge < -0.3 is 11.1 Å². The Morgan fingerprint density at radius 1 is 1.47 bits per heavy atom. The molecule has 90 valence electrons. The van der Waals surface area contributed by atoms with Crippen LogP contribution >= 0.6 is 0 Å². The minimum Gasteiger partial charge on any atom is -0.354 e. The average Bonchev–Trinajstić information content (AvgIpc) is 2.22. The number of hydrogen-bond donors (Lipinski definition) is 2. The molecule has 0 aromatic heterocycles. The fourth-order valence-electron chi connectivity index (χ4n) is 0.992. The Morgan fingerprint density at radius 3 is 2.40 bits per heavy atom. The molecule has 0 fully saturated rings. The van der Waals surface area contributed by atoms with E-state index < -0.39 is 16.8 Å². The topological polar surface area (TPSA) is 72.2 Å². The Hall–Kier alpha value is -0.420. The molecule has 0 spiro atoms. The quantitative estimate of drug-likeness (QED) is 0.691. The molecule has 15 heavy (non-hydrogen) atoms. The first kappa shape index (κ1) is 14.6. The van der Waals surface area contributed by atoms with E-state index in [9.17, 15) is 9.00 Å². The van der Waals surface area contributed by atoms with Crippen molar-refractivity contribution in [1.29, 1.82) is 0 Å². The van der Waals surface area contributed by atoms with Crippen LogP contribution in [0, 0.1) is 5.92 Å². The lowest BCUT2D eigenvalue weighted by atomic mass is 9.99.